The predicted octanol–water partition coefficient (Wildman–Crippen LogP) is 2.00. The van der Waals surface area contributed by atoms with Crippen LogP contribution < -0.4 is 4.74 Å². The van der Waals surface area contributed by atoms with Gasteiger partial charge in [0, 0.05) is 5.56 Å². The largest absolute Gasteiger partial charge is 0.488 e. The van der Waals surface area contributed by atoms with Gasteiger partial charge in [-0.05, 0) is 18.6 Å². The fourth-order valence-corrected chi connectivity index (χ4v) is 1.48. The molecule has 0 radical (unpaired) electrons. The van der Waals surface area contributed by atoms with Crippen molar-refractivity contribution in [2.75, 3.05) is 0 Å². The van der Waals surface area contributed by atoms with Gasteiger partial charge in [0.1, 0.15) is 18.1 Å². The van der Waals surface area contributed by atoms with Crippen molar-refractivity contribution < 1.29 is 14.6 Å². The van der Waals surface area contributed by atoms with E-state index in [4.69, 9.17) is 9.84 Å². The summed E-state index contributed by atoms with van der Waals surface area (Å²) in [5.41, 5.74) is 1.60. The number of nitrogens with one attached hydrogen (secondary N) is 1. The first-order valence-corrected chi connectivity index (χ1v) is 5.12. The number of aryl methyl sites for hydroxylation is 1. The van der Waals surface area contributed by atoms with Crippen molar-refractivity contribution in [1.82, 2.24) is 10.2 Å². The predicted molar refractivity (Wildman–Crippen MR) is 61.1 cm³/mol. The van der Waals surface area contributed by atoms with Gasteiger partial charge in [-0.3, -0.25) is 5.10 Å². The van der Waals surface area contributed by atoms with Crippen molar-refractivity contribution in [1.29, 1.82) is 0 Å². The first kappa shape index (κ1) is 11.2. The Kier molecular flexibility index (Phi) is 3.09. The van der Waals surface area contributed by atoms with Crippen LogP contribution in [0.1, 0.15) is 21.6 Å². The highest BCUT2D eigenvalue weighted by Crippen LogP contribution is 2.18. The highest BCUT2D eigenvalue weighted by atomic mass is 16.5. The summed E-state index contributed by atoms with van der Waals surface area (Å²) in [5, 5.41) is 15.0. The molecule has 0 aliphatic rings. The molecule has 1 heterocycles. The number of aromatic nitrogens is 2. The molecule has 0 amide bonds. The molecule has 0 atom stereocenters. The molecule has 1 aromatic carbocycles. The van der Waals surface area contributed by atoms with E-state index in [9.17, 15) is 4.79 Å². The zero-order valence-electron chi connectivity index (χ0n) is 9.30. The van der Waals surface area contributed by atoms with Crippen LogP contribution in [0.25, 0.3) is 0 Å². The van der Waals surface area contributed by atoms with E-state index in [1.165, 1.54) is 6.20 Å². The van der Waals surface area contributed by atoms with Gasteiger partial charge < -0.3 is 9.84 Å². The second-order valence-corrected chi connectivity index (χ2v) is 3.63. The van der Waals surface area contributed by atoms with Crippen LogP contribution in [0.5, 0.6) is 5.75 Å². The maximum atomic E-state index is 10.8. The van der Waals surface area contributed by atoms with Gasteiger partial charge in [0.2, 0.25) is 0 Å². The summed E-state index contributed by atoms with van der Waals surface area (Å²) in [4.78, 5) is 10.8. The minimum absolute atomic E-state index is 0.0681. The summed E-state index contributed by atoms with van der Waals surface area (Å²) in [5.74, 6) is -0.295. The Morgan fingerprint density at radius 1 is 1.47 bits per heavy atom. The smallest absolute Gasteiger partial charge is 0.354 e. The fourth-order valence-electron chi connectivity index (χ4n) is 1.48. The Morgan fingerprint density at radius 2 is 2.24 bits per heavy atom. The fraction of sp³-hybridized carbons (Fsp3) is 0.167. The molecular formula is C12H12N2O3. The summed E-state index contributed by atoms with van der Waals surface area (Å²) in [6.45, 7) is 2.12. The van der Waals surface area contributed by atoms with Crippen molar-refractivity contribution in [2.45, 2.75) is 13.5 Å². The number of rotatable bonds is 4. The summed E-state index contributed by atoms with van der Waals surface area (Å²) < 4.78 is 5.55. The molecule has 0 aliphatic carbocycles. The number of hydrogen-bond donors (Lipinski definition) is 2. The first-order chi connectivity index (χ1) is 8.18. The quantitative estimate of drug-likeness (QED) is 0.845. The van der Waals surface area contributed by atoms with E-state index < -0.39 is 5.97 Å². The Hall–Kier alpha value is -2.30. The van der Waals surface area contributed by atoms with Gasteiger partial charge in [0.15, 0.2) is 0 Å². The number of carboxylic acids is 1. The lowest BCUT2D eigenvalue weighted by atomic mass is 10.2. The number of aromatic carboxylic acids is 1. The molecule has 2 aromatic rings. The van der Waals surface area contributed by atoms with E-state index in [0.717, 1.165) is 11.3 Å². The van der Waals surface area contributed by atoms with Crippen molar-refractivity contribution in [3.63, 3.8) is 0 Å². The number of H-pyrrole nitrogens is 1. The standard InChI is InChI=1S/C12H12N2O3/c1-8-4-2-3-5-10(8)17-7-9-6-13-14-11(9)12(15)16/h2-6H,7H2,1H3,(H,13,14)(H,15,16). The molecule has 0 aliphatic heterocycles. The zero-order valence-corrected chi connectivity index (χ0v) is 9.30. The zero-order chi connectivity index (χ0) is 12.3. The molecule has 5 nitrogen and oxygen atoms in total. The van der Waals surface area contributed by atoms with Crippen LogP contribution in [-0.4, -0.2) is 21.3 Å². The second-order valence-electron chi connectivity index (χ2n) is 3.63. The van der Waals surface area contributed by atoms with E-state index in [2.05, 4.69) is 10.2 Å². The summed E-state index contributed by atoms with van der Waals surface area (Å²) in [7, 11) is 0. The molecule has 0 unspecified atom stereocenters. The number of carboxylic acid groups (broad SMARTS) is 1. The number of carbonyl (C=O) groups is 1. The number of ether oxygens (including phenoxy) is 1. The van der Waals surface area contributed by atoms with Crippen LogP contribution in [0.4, 0.5) is 0 Å². The second kappa shape index (κ2) is 4.69. The summed E-state index contributed by atoms with van der Waals surface area (Å²) in [6.07, 6.45) is 1.46. The van der Waals surface area contributed by atoms with Crippen LogP contribution in [0.2, 0.25) is 0 Å². The summed E-state index contributed by atoms with van der Waals surface area (Å²) in [6, 6.07) is 7.57. The van der Waals surface area contributed by atoms with Crippen LogP contribution >= 0.6 is 0 Å². The SMILES string of the molecule is Cc1ccccc1OCc1cn[nH]c1C(=O)O. The van der Waals surface area contributed by atoms with Crippen LogP contribution in [0.15, 0.2) is 30.5 Å². The van der Waals surface area contributed by atoms with Crippen LogP contribution in [0, 0.1) is 6.92 Å². The Bertz CT molecular complexity index is 534. The lowest BCUT2D eigenvalue weighted by Gasteiger charge is -2.07. The summed E-state index contributed by atoms with van der Waals surface area (Å²) >= 11 is 0. The Morgan fingerprint density at radius 3 is 2.94 bits per heavy atom. The molecular weight excluding hydrogens is 220 g/mol. The van der Waals surface area contributed by atoms with Gasteiger partial charge in [-0.15, -0.1) is 0 Å². The Labute approximate surface area is 98.0 Å². The molecule has 0 fully saturated rings. The average Bonchev–Trinajstić information content (AvgIpc) is 2.76. The van der Waals surface area contributed by atoms with E-state index in [1.54, 1.807) is 0 Å². The number of nitrogens with zero attached hydrogens (tertiary/aromatic N) is 1. The lowest BCUT2D eigenvalue weighted by Crippen LogP contribution is -2.04. The molecule has 1 aromatic heterocycles. The molecule has 0 saturated carbocycles. The molecule has 5 heteroatoms. The van der Waals surface area contributed by atoms with Crippen molar-refractivity contribution in [3.8, 4) is 5.75 Å². The normalized spacial score (nSPS) is 10.2. The highest BCUT2D eigenvalue weighted by Gasteiger charge is 2.12. The highest BCUT2D eigenvalue weighted by molar-refractivity contribution is 5.86. The van der Waals surface area contributed by atoms with Gasteiger partial charge in [-0.2, -0.15) is 5.10 Å². The van der Waals surface area contributed by atoms with Crippen molar-refractivity contribution >= 4 is 5.97 Å². The molecule has 88 valence electrons. The molecule has 0 bridgehead atoms. The van der Waals surface area contributed by atoms with Crippen molar-refractivity contribution in [3.05, 3.63) is 47.3 Å². The molecule has 0 saturated heterocycles. The van der Waals surface area contributed by atoms with E-state index in [1.807, 2.05) is 31.2 Å². The molecule has 2 N–H and O–H groups in total. The van der Waals surface area contributed by atoms with Gasteiger partial charge >= 0.3 is 5.97 Å². The molecule has 0 spiro atoms. The third-order valence-corrected chi connectivity index (χ3v) is 2.41. The minimum Gasteiger partial charge on any atom is -0.488 e. The third kappa shape index (κ3) is 2.44. The number of benzene rings is 1. The molecule has 17 heavy (non-hydrogen) atoms. The third-order valence-electron chi connectivity index (χ3n) is 2.41. The van der Waals surface area contributed by atoms with Gasteiger partial charge in [-0.1, -0.05) is 18.2 Å². The van der Waals surface area contributed by atoms with E-state index in [0.29, 0.717) is 5.56 Å². The Balaban J connectivity index is 2.10. The minimum atomic E-state index is -1.04. The van der Waals surface area contributed by atoms with Gasteiger partial charge in [0.05, 0.1) is 6.20 Å². The van der Waals surface area contributed by atoms with E-state index >= 15 is 0 Å². The van der Waals surface area contributed by atoms with Crippen molar-refractivity contribution in [2.24, 2.45) is 0 Å². The average molecular weight is 232 g/mol. The van der Waals surface area contributed by atoms with Gasteiger partial charge in [0.25, 0.3) is 0 Å². The maximum Gasteiger partial charge on any atom is 0.354 e. The lowest BCUT2D eigenvalue weighted by molar-refractivity contribution is 0.0687. The van der Waals surface area contributed by atoms with E-state index in [-0.39, 0.29) is 12.3 Å². The number of para-hydroxylation sites is 1. The van der Waals surface area contributed by atoms with Crippen LogP contribution in [0.3, 0.4) is 0 Å². The van der Waals surface area contributed by atoms with Gasteiger partial charge in [-0.25, -0.2) is 4.79 Å². The maximum absolute atomic E-state index is 10.8. The first-order valence-electron chi connectivity index (χ1n) is 5.12. The monoisotopic (exact) mass is 232 g/mol. The number of aromatic amines is 1. The molecule has 2 rings (SSSR count). The number of hydrogen-bond acceptors (Lipinski definition) is 3. The topological polar surface area (TPSA) is 75.2 Å². The van der Waals surface area contributed by atoms with Crippen LogP contribution in [-0.2, 0) is 6.61 Å².